The quantitative estimate of drug-likeness (QED) is 0.778. The van der Waals surface area contributed by atoms with Gasteiger partial charge >= 0.3 is 6.09 Å². The lowest BCUT2D eigenvalue weighted by Crippen LogP contribution is -2.49. The van der Waals surface area contributed by atoms with Crippen molar-refractivity contribution in [3.05, 3.63) is 0 Å². The minimum absolute atomic E-state index is 0.0110. The number of nitrogens with one attached hydrogen (secondary N) is 1. The second-order valence-electron chi connectivity index (χ2n) is 6.38. The molecule has 1 N–H and O–H groups in total. The summed E-state index contributed by atoms with van der Waals surface area (Å²) in [5.74, 6) is -0.567. The molecule has 0 aromatic carbocycles. The Labute approximate surface area is 132 Å². The SMILES string of the molecule is COC1(OC)CCN(C(=O)CCNC(=O)OC(C)(C)C)CC1. The van der Waals surface area contributed by atoms with E-state index in [0.717, 1.165) is 0 Å². The van der Waals surface area contributed by atoms with Crippen LogP contribution < -0.4 is 5.32 Å². The lowest BCUT2D eigenvalue weighted by molar-refractivity contribution is -0.228. The maximum absolute atomic E-state index is 12.1. The van der Waals surface area contributed by atoms with Gasteiger partial charge in [0, 0.05) is 53.1 Å². The first kappa shape index (κ1) is 18.7. The summed E-state index contributed by atoms with van der Waals surface area (Å²) in [6, 6.07) is 0. The van der Waals surface area contributed by atoms with E-state index in [9.17, 15) is 9.59 Å². The van der Waals surface area contributed by atoms with Crippen molar-refractivity contribution in [3.63, 3.8) is 0 Å². The molecule has 22 heavy (non-hydrogen) atoms. The molecule has 7 nitrogen and oxygen atoms in total. The van der Waals surface area contributed by atoms with E-state index in [0.29, 0.717) is 25.9 Å². The van der Waals surface area contributed by atoms with Gasteiger partial charge in [0.15, 0.2) is 5.79 Å². The number of carbonyl (C=O) groups is 2. The average Bonchev–Trinajstić information content (AvgIpc) is 2.45. The van der Waals surface area contributed by atoms with Crippen LogP contribution in [-0.2, 0) is 19.0 Å². The lowest BCUT2D eigenvalue weighted by Gasteiger charge is -2.39. The number of hydrogen-bond acceptors (Lipinski definition) is 5. The molecule has 0 aromatic heterocycles. The minimum Gasteiger partial charge on any atom is -0.444 e. The summed E-state index contributed by atoms with van der Waals surface area (Å²) in [6.07, 6.45) is 1.04. The molecular weight excluding hydrogens is 288 g/mol. The normalized spacial score (nSPS) is 18.0. The summed E-state index contributed by atoms with van der Waals surface area (Å²) in [4.78, 5) is 25.4. The summed E-state index contributed by atoms with van der Waals surface area (Å²) in [5.41, 5.74) is -0.537. The number of likely N-dealkylation sites (tertiary alicyclic amines) is 1. The van der Waals surface area contributed by atoms with Gasteiger partial charge in [0.1, 0.15) is 5.60 Å². The molecule has 0 atom stereocenters. The van der Waals surface area contributed by atoms with Gasteiger partial charge < -0.3 is 24.4 Å². The van der Waals surface area contributed by atoms with E-state index in [1.807, 2.05) is 0 Å². The number of hydrogen-bond donors (Lipinski definition) is 1. The fraction of sp³-hybridized carbons (Fsp3) is 0.867. The minimum atomic E-state index is -0.578. The topological polar surface area (TPSA) is 77.1 Å². The molecular formula is C15H28N2O5. The Morgan fingerprint density at radius 1 is 1.14 bits per heavy atom. The van der Waals surface area contributed by atoms with Crippen molar-refractivity contribution in [2.75, 3.05) is 33.9 Å². The third-order valence-corrected chi connectivity index (χ3v) is 3.63. The van der Waals surface area contributed by atoms with Crippen molar-refractivity contribution in [1.29, 1.82) is 0 Å². The van der Waals surface area contributed by atoms with Crippen LogP contribution in [0.2, 0.25) is 0 Å². The second-order valence-corrected chi connectivity index (χ2v) is 6.38. The van der Waals surface area contributed by atoms with Crippen LogP contribution >= 0.6 is 0 Å². The van der Waals surface area contributed by atoms with E-state index in [4.69, 9.17) is 14.2 Å². The van der Waals surface area contributed by atoms with Crippen molar-refractivity contribution >= 4 is 12.0 Å². The first-order valence-electron chi connectivity index (χ1n) is 7.56. The van der Waals surface area contributed by atoms with Crippen LogP contribution in [0.4, 0.5) is 4.79 Å². The van der Waals surface area contributed by atoms with Crippen molar-refractivity contribution in [2.45, 2.75) is 51.4 Å². The highest BCUT2D eigenvalue weighted by molar-refractivity contribution is 5.77. The Morgan fingerprint density at radius 3 is 2.14 bits per heavy atom. The average molecular weight is 316 g/mol. The molecule has 1 heterocycles. The summed E-state index contributed by atoms with van der Waals surface area (Å²) in [6.45, 7) is 6.83. The smallest absolute Gasteiger partial charge is 0.407 e. The maximum Gasteiger partial charge on any atom is 0.407 e. The highest BCUT2D eigenvalue weighted by Gasteiger charge is 2.35. The number of amides is 2. The van der Waals surface area contributed by atoms with Gasteiger partial charge in [-0.15, -0.1) is 0 Å². The fourth-order valence-electron chi connectivity index (χ4n) is 2.33. The molecule has 1 rings (SSSR count). The summed E-state index contributed by atoms with van der Waals surface area (Å²) in [5, 5.41) is 2.59. The highest BCUT2D eigenvalue weighted by Crippen LogP contribution is 2.26. The Kier molecular flexibility index (Phi) is 6.62. The van der Waals surface area contributed by atoms with Crippen molar-refractivity contribution in [1.82, 2.24) is 10.2 Å². The van der Waals surface area contributed by atoms with Crippen LogP contribution in [0.1, 0.15) is 40.0 Å². The third kappa shape index (κ3) is 5.81. The number of carbonyl (C=O) groups excluding carboxylic acids is 2. The van der Waals surface area contributed by atoms with Gasteiger partial charge in [-0.1, -0.05) is 0 Å². The first-order valence-corrected chi connectivity index (χ1v) is 7.56. The summed E-state index contributed by atoms with van der Waals surface area (Å²) in [7, 11) is 3.23. The van der Waals surface area contributed by atoms with Gasteiger partial charge in [0.25, 0.3) is 0 Å². The van der Waals surface area contributed by atoms with Crippen molar-refractivity contribution < 1.29 is 23.8 Å². The fourth-order valence-corrected chi connectivity index (χ4v) is 2.33. The maximum atomic E-state index is 12.1. The van der Waals surface area contributed by atoms with Crippen LogP contribution in [0.15, 0.2) is 0 Å². The van der Waals surface area contributed by atoms with Crippen molar-refractivity contribution in [2.24, 2.45) is 0 Å². The summed E-state index contributed by atoms with van der Waals surface area (Å²) < 4.78 is 15.9. The third-order valence-electron chi connectivity index (χ3n) is 3.63. The molecule has 1 fully saturated rings. The molecule has 0 aliphatic carbocycles. The molecule has 0 unspecified atom stereocenters. The van der Waals surface area contributed by atoms with Crippen LogP contribution in [0.5, 0.6) is 0 Å². The predicted molar refractivity (Wildman–Crippen MR) is 81.4 cm³/mol. The monoisotopic (exact) mass is 316 g/mol. The van der Waals surface area contributed by atoms with Crippen LogP contribution in [-0.4, -0.2) is 62.1 Å². The standard InChI is InChI=1S/C15H28N2O5/c1-14(2,3)22-13(19)16-9-6-12(18)17-10-7-15(20-4,21-5)8-11-17/h6-11H2,1-5H3,(H,16,19). The number of methoxy groups -OCH3 is 2. The number of rotatable bonds is 5. The Balaban J connectivity index is 2.29. The second kappa shape index (κ2) is 7.78. The Bertz CT molecular complexity index is 378. The van der Waals surface area contributed by atoms with Gasteiger partial charge in [-0.05, 0) is 20.8 Å². The van der Waals surface area contributed by atoms with Gasteiger partial charge in [-0.25, -0.2) is 4.79 Å². The Hall–Kier alpha value is -1.34. The molecule has 2 amide bonds. The van der Waals surface area contributed by atoms with Crippen LogP contribution in [0, 0.1) is 0 Å². The van der Waals surface area contributed by atoms with E-state index < -0.39 is 17.5 Å². The lowest BCUT2D eigenvalue weighted by atomic mass is 10.0. The molecule has 1 aliphatic heterocycles. The van der Waals surface area contributed by atoms with Gasteiger partial charge in [-0.3, -0.25) is 4.79 Å². The zero-order chi connectivity index (χ0) is 16.8. The molecule has 7 heteroatoms. The number of piperidine rings is 1. The van der Waals surface area contributed by atoms with Crippen LogP contribution in [0.3, 0.4) is 0 Å². The van der Waals surface area contributed by atoms with E-state index in [2.05, 4.69) is 5.32 Å². The first-order chi connectivity index (χ1) is 10.2. The molecule has 0 radical (unpaired) electrons. The van der Waals surface area contributed by atoms with Crippen molar-refractivity contribution in [3.8, 4) is 0 Å². The molecule has 1 aliphatic rings. The van der Waals surface area contributed by atoms with E-state index in [1.54, 1.807) is 39.9 Å². The molecule has 0 bridgehead atoms. The van der Waals surface area contributed by atoms with Gasteiger partial charge in [0.2, 0.25) is 5.91 Å². The number of alkyl carbamates (subject to hydrolysis) is 1. The van der Waals surface area contributed by atoms with Gasteiger partial charge in [-0.2, -0.15) is 0 Å². The van der Waals surface area contributed by atoms with E-state index in [1.165, 1.54) is 0 Å². The number of nitrogens with zero attached hydrogens (tertiary/aromatic N) is 1. The number of ether oxygens (including phenoxy) is 3. The van der Waals surface area contributed by atoms with E-state index in [-0.39, 0.29) is 18.9 Å². The molecule has 128 valence electrons. The molecule has 1 saturated heterocycles. The largest absolute Gasteiger partial charge is 0.444 e. The Morgan fingerprint density at radius 2 is 1.68 bits per heavy atom. The zero-order valence-electron chi connectivity index (χ0n) is 14.2. The van der Waals surface area contributed by atoms with E-state index >= 15 is 0 Å². The van der Waals surface area contributed by atoms with Gasteiger partial charge in [0.05, 0.1) is 0 Å². The zero-order valence-corrected chi connectivity index (χ0v) is 14.2. The summed E-state index contributed by atoms with van der Waals surface area (Å²) >= 11 is 0. The predicted octanol–water partition coefficient (Wildman–Crippen LogP) is 1.51. The molecule has 0 spiro atoms. The molecule has 0 aromatic rings. The molecule has 0 saturated carbocycles. The highest BCUT2D eigenvalue weighted by atomic mass is 16.7. The van der Waals surface area contributed by atoms with Crippen LogP contribution in [0.25, 0.3) is 0 Å².